The zero-order valence-electron chi connectivity index (χ0n) is 10.1. The third-order valence-corrected chi connectivity index (χ3v) is 3.95. The molecule has 2 aliphatic rings. The van der Waals surface area contributed by atoms with Crippen LogP contribution in [-0.2, 0) is 4.79 Å². The largest absolute Gasteiger partial charge is 0.356 e. The summed E-state index contributed by atoms with van der Waals surface area (Å²) in [5, 5.41) is 6.40. The predicted molar refractivity (Wildman–Crippen MR) is 65.1 cm³/mol. The first-order valence-electron chi connectivity index (χ1n) is 6.38. The molecule has 0 aromatic heterocycles. The van der Waals surface area contributed by atoms with Gasteiger partial charge in [-0.25, -0.2) is 0 Å². The van der Waals surface area contributed by atoms with Crippen LogP contribution >= 0.6 is 0 Å². The summed E-state index contributed by atoms with van der Waals surface area (Å²) in [5.74, 6) is 0.589. The van der Waals surface area contributed by atoms with Gasteiger partial charge in [-0.1, -0.05) is 12.2 Å². The highest BCUT2D eigenvalue weighted by Crippen LogP contribution is 2.58. The first-order chi connectivity index (χ1) is 7.78. The average Bonchev–Trinajstić information content (AvgIpc) is 2.99. The van der Waals surface area contributed by atoms with E-state index in [2.05, 4.69) is 16.7 Å². The molecule has 1 saturated carbocycles. The molecule has 1 saturated heterocycles. The Balaban J connectivity index is 1.71. The van der Waals surface area contributed by atoms with Crippen LogP contribution in [0.2, 0.25) is 0 Å². The van der Waals surface area contributed by atoms with Crippen molar-refractivity contribution in [2.75, 3.05) is 19.6 Å². The lowest BCUT2D eigenvalue weighted by atomic mass is 9.92. The van der Waals surface area contributed by atoms with E-state index in [1.54, 1.807) is 0 Å². The summed E-state index contributed by atoms with van der Waals surface area (Å²) in [4.78, 5) is 11.9. The maximum Gasteiger partial charge on any atom is 0.223 e. The van der Waals surface area contributed by atoms with Gasteiger partial charge in [-0.05, 0) is 51.1 Å². The first kappa shape index (κ1) is 11.6. The quantitative estimate of drug-likeness (QED) is 0.558. The van der Waals surface area contributed by atoms with Gasteiger partial charge < -0.3 is 10.6 Å². The minimum atomic E-state index is 0.284. The van der Waals surface area contributed by atoms with Crippen molar-refractivity contribution in [3.63, 3.8) is 0 Å². The molecular weight excluding hydrogens is 200 g/mol. The van der Waals surface area contributed by atoms with Crippen LogP contribution in [0.25, 0.3) is 0 Å². The molecule has 90 valence electrons. The van der Waals surface area contributed by atoms with Crippen LogP contribution in [-0.4, -0.2) is 25.5 Å². The van der Waals surface area contributed by atoms with Crippen molar-refractivity contribution in [3.8, 4) is 0 Å². The summed E-state index contributed by atoms with van der Waals surface area (Å²) < 4.78 is 0. The van der Waals surface area contributed by atoms with Crippen LogP contribution in [0, 0.1) is 11.3 Å². The monoisotopic (exact) mass is 222 g/mol. The van der Waals surface area contributed by atoms with Crippen molar-refractivity contribution in [1.29, 1.82) is 0 Å². The second kappa shape index (κ2) is 5.00. The Morgan fingerprint density at radius 2 is 2.25 bits per heavy atom. The highest BCUT2D eigenvalue weighted by atomic mass is 16.2. The van der Waals surface area contributed by atoms with E-state index >= 15 is 0 Å². The lowest BCUT2D eigenvalue weighted by Gasteiger charge is -2.23. The van der Waals surface area contributed by atoms with Gasteiger partial charge in [0.2, 0.25) is 5.91 Å². The fourth-order valence-corrected chi connectivity index (χ4v) is 2.76. The fourth-order valence-electron chi connectivity index (χ4n) is 2.76. The number of amides is 1. The Labute approximate surface area is 97.7 Å². The summed E-state index contributed by atoms with van der Waals surface area (Å²) in [7, 11) is 0. The minimum Gasteiger partial charge on any atom is -0.356 e. The van der Waals surface area contributed by atoms with E-state index in [9.17, 15) is 4.79 Å². The van der Waals surface area contributed by atoms with E-state index in [-0.39, 0.29) is 5.91 Å². The molecule has 0 radical (unpaired) electrons. The summed E-state index contributed by atoms with van der Waals surface area (Å²) in [5.41, 5.74) is 0.371. The Hall–Kier alpha value is -0.830. The molecule has 2 N–H and O–H groups in total. The molecule has 2 fully saturated rings. The molecule has 3 heteroatoms. The summed E-state index contributed by atoms with van der Waals surface area (Å²) in [6, 6.07) is 0. The smallest absolute Gasteiger partial charge is 0.223 e. The van der Waals surface area contributed by atoms with E-state index in [0.717, 1.165) is 32.5 Å². The first-order valence-corrected chi connectivity index (χ1v) is 6.38. The molecule has 1 unspecified atom stereocenters. The number of piperidine rings is 1. The van der Waals surface area contributed by atoms with Gasteiger partial charge in [0.1, 0.15) is 0 Å². The molecule has 1 heterocycles. The minimum absolute atomic E-state index is 0.284. The third kappa shape index (κ3) is 2.46. The molecule has 1 spiro atoms. The maximum absolute atomic E-state index is 11.9. The highest BCUT2D eigenvalue weighted by molar-refractivity contribution is 5.82. The molecule has 2 rings (SSSR count). The maximum atomic E-state index is 11.9. The SMILES string of the molecule is C/C=C/CCNC(=O)C1CC12CCNCC2. The van der Waals surface area contributed by atoms with Crippen LogP contribution < -0.4 is 10.6 Å². The fraction of sp³-hybridized carbons (Fsp3) is 0.769. The molecule has 1 atom stereocenters. The van der Waals surface area contributed by atoms with Gasteiger partial charge in [0.15, 0.2) is 0 Å². The predicted octanol–water partition coefficient (Wildman–Crippen LogP) is 1.46. The molecular formula is C13H22N2O. The van der Waals surface area contributed by atoms with E-state index in [4.69, 9.17) is 0 Å². The van der Waals surface area contributed by atoms with Gasteiger partial charge in [0, 0.05) is 12.5 Å². The van der Waals surface area contributed by atoms with Gasteiger partial charge in [0.25, 0.3) is 0 Å². The van der Waals surface area contributed by atoms with Gasteiger partial charge in [-0.2, -0.15) is 0 Å². The topological polar surface area (TPSA) is 41.1 Å². The zero-order chi connectivity index (χ0) is 11.4. The Kier molecular flexibility index (Phi) is 3.64. The van der Waals surface area contributed by atoms with Gasteiger partial charge in [0.05, 0.1) is 0 Å². The van der Waals surface area contributed by atoms with Crippen LogP contribution in [0.1, 0.15) is 32.6 Å². The summed E-state index contributed by atoms with van der Waals surface area (Å²) in [6.45, 7) is 4.96. The van der Waals surface area contributed by atoms with Gasteiger partial charge >= 0.3 is 0 Å². The van der Waals surface area contributed by atoms with E-state index in [0.29, 0.717) is 11.3 Å². The standard InChI is InChI=1S/C13H22N2O/c1-2-3-4-7-15-12(16)11-10-13(11)5-8-14-9-6-13/h2-3,11,14H,4-10H2,1H3,(H,15,16)/b3-2+. The second-order valence-corrected chi connectivity index (χ2v) is 5.02. The molecule has 3 nitrogen and oxygen atoms in total. The van der Waals surface area contributed by atoms with Crippen molar-refractivity contribution in [3.05, 3.63) is 12.2 Å². The van der Waals surface area contributed by atoms with E-state index < -0.39 is 0 Å². The summed E-state index contributed by atoms with van der Waals surface area (Å²) in [6.07, 6.45) is 8.54. The molecule has 0 aromatic rings. The lowest BCUT2D eigenvalue weighted by molar-refractivity contribution is -0.123. The molecule has 0 bridgehead atoms. The molecule has 1 amide bonds. The molecule has 16 heavy (non-hydrogen) atoms. The summed E-state index contributed by atoms with van der Waals surface area (Å²) >= 11 is 0. The number of carbonyl (C=O) groups excluding carboxylic acids is 1. The number of hydrogen-bond donors (Lipinski definition) is 2. The Bertz CT molecular complexity index is 280. The van der Waals surface area contributed by atoms with Crippen LogP contribution in [0.3, 0.4) is 0 Å². The van der Waals surface area contributed by atoms with Crippen molar-refractivity contribution in [1.82, 2.24) is 10.6 Å². The van der Waals surface area contributed by atoms with Crippen molar-refractivity contribution in [2.24, 2.45) is 11.3 Å². The highest BCUT2D eigenvalue weighted by Gasteiger charge is 2.57. The van der Waals surface area contributed by atoms with Crippen LogP contribution in [0.15, 0.2) is 12.2 Å². The molecule has 1 aliphatic heterocycles. The average molecular weight is 222 g/mol. The Morgan fingerprint density at radius 1 is 1.50 bits per heavy atom. The van der Waals surface area contributed by atoms with Crippen LogP contribution in [0.4, 0.5) is 0 Å². The van der Waals surface area contributed by atoms with Crippen LogP contribution in [0.5, 0.6) is 0 Å². The lowest BCUT2D eigenvalue weighted by Crippen LogP contribution is -2.33. The van der Waals surface area contributed by atoms with E-state index in [1.165, 1.54) is 12.8 Å². The van der Waals surface area contributed by atoms with Crippen molar-refractivity contribution < 1.29 is 4.79 Å². The number of rotatable bonds is 4. The third-order valence-electron chi connectivity index (χ3n) is 3.95. The number of nitrogens with one attached hydrogen (secondary N) is 2. The van der Waals surface area contributed by atoms with Gasteiger partial charge in [-0.15, -0.1) is 0 Å². The normalized spacial score (nSPS) is 27.2. The zero-order valence-corrected chi connectivity index (χ0v) is 10.1. The molecule has 1 aliphatic carbocycles. The molecule has 0 aromatic carbocycles. The number of hydrogen-bond acceptors (Lipinski definition) is 2. The number of allylic oxidation sites excluding steroid dienone is 1. The van der Waals surface area contributed by atoms with Crippen molar-refractivity contribution in [2.45, 2.75) is 32.6 Å². The van der Waals surface area contributed by atoms with E-state index in [1.807, 2.05) is 13.0 Å². The Morgan fingerprint density at radius 3 is 2.94 bits per heavy atom. The van der Waals surface area contributed by atoms with Gasteiger partial charge in [-0.3, -0.25) is 4.79 Å². The van der Waals surface area contributed by atoms with Crippen molar-refractivity contribution >= 4 is 5.91 Å². The number of carbonyl (C=O) groups is 1. The second-order valence-electron chi connectivity index (χ2n) is 5.02.